The Balaban J connectivity index is 1.98. The van der Waals surface area contributed by atoms with E-state index in [0.717, 1.165) is 13.0 Å². The van der Waals surface area contributed by atoms with Crippen LogP contribution in [-0.2, 0) is 10.3 Å². The lowest BCUT2D eigenvalue weighted by Gasteiger charge is -2.42. The molecule has 0 aromatic heterocycles. The Hall–Kier alpha value is -0.860. The number of benzene rings is 1. The fraction of sp³-hybridized carbons (Fsp3) is 0.600. The molecule has 2 saturated heterocycles. The lowest BCUT2D eigenvalue weighted by atomic mass is 9.76. The van der Waals surface area contributed by atoms with E-state index in [1.54, 1.807) is 0 Å². The van der Waals surface area contributed by atoms with Gasteiger partial charge in [-0.15, -0.1) is 0 Å². The predicted molar refractivity (Wildman–Crippen MR) is 68.9 cm³/mol. The van der Waals surface area contributed by atoms with Gasteiger partial charge in [0.05, 0.1) is 11.7 Å². The fourth-order valence-electron chi connectivity index (χ4n) is 3.57. The maximum Gasteiger partial charge on any atom is 0.0988 e. The summed E-state index contributed by atoms with van der Waals surface area (Å²) in [6.45, 7) is 4.51. The third-order valence-corrected chi connectivity index (χ3v) is 4.35. The topological polar surface area (TPSA) is 12.5 Å². The van der Waals surface area contributed by atoms with Crippen LogP contribution in [0.5, 0.6) is 0 Å². The zero-order valence-corrected chi connectivity index (χ0v) is 10.7. The number of rotatable bonds is 1. The van der Waals surface area contributed by atoms with Gasteiger partial charge in [0.2, 0.25) is 0 Å². The van der Waals surface area contributed by atoms with E-state index in [1.807, 2.05) is 0 Å². The van der Waals surface area contributed by atoms with Crippen molar-refractivity contribution < 1.29 is 4.74 Å². The van der Waals surface area contributed by atoms with Crippen molar-refractivity contribution in [1.82, 2.24) is 4.90 Å². The highest BCUT2D eigenvalue weighted by atomic mass is 16.5. The molecule has 0 radical (unpaired) electrons. The number of nitrogens with zero attached hydrogens (tertiary/aromatic N) is 1. The van der Waals surface area contributed by atoms with E-state index in [4.69, 9.17) is 4.74 Å². The van der Waals surface area contributed by atoms with Gasteiger partial charge in [0.1, 0.15) is 0 Å². The Kier molecular flexibility index (Phi) is 2.72. The predicted octanol–water partition coefficient (Wildman–Crippen LogP) is 2.64. The molecule has 0 amide bonds. The van der Waals surface area contributed by atoms with Crippen molar-refractivity contribution >= 4 is 0 Å². The van der Waals surface area contributed by atoms with Crippen LogP contribution in [0.15, 0.2) is 30.3 Å². The van der Waals surface area contributed by atoms with Gasteiger partial charge in [0.25, 0.3) is 0 Å². The largest absolute Gasteiger partial charge is 0.367 e. The standard InChI is InChI=1S/C15H21NO/c1-12-10-14-11-16(2)9-8-15(14,17-12)13-6-4-3-5-7-13/h3-7,12,14H,8-11H2,1-2H3/t12-,14+,15+/m1/s1. The van der Waals surface area contributed by atoms with E-state index in [9.17, 15) is 0 Å². The number of ether oxygens (including phenoxy) is 1. The van der Waals surface area contributed by atoms with Gasteiger partial charge in [-0.3, -0.25) is 0 Å². The van der Waals surface area contributed by atoms with Crippen molar-refractivity contribution in [2.45, 2.75) is 31.5 Å². The van der Waals surface area contributed by atoms with Crippen LogP contribution in [0, 0.1) is 5.92 Å². The second kappa shape index (κ2) is 4.11. The van der Waals surface area contributed by atoms with Crippen molar-refractivity contribution in [3.63, 3.8) is 0 Å². The minimum atomic E-state index is -0.00676. The van der Waals surface area contributed by atoms with Crippen LogP contribution in [0.3, 0.4) is 0 Å². The van der Waals surface area contributed by atoms with Crippen molar-refractivity contribution in [3.05, 3.63) is 35.9 Å². The fourth-order valence-corrected chi connectivity index (χ4v) is 3.57. The monoisotopic (exact) mass is 231 g/mol. The van der Waals surface area contributed by atoms with Gasteiger partial charge in [0.15, 0.2) is 0 Å². The average molecular weight is 231 g/mol. The number of hydrogen-bond acceptors (Lipinski definition) is 2. The van der Waals surface area contributed by atoms with E-state index < -0.39 is 0 Å². The molecule has 1 aromatic carbocycles. The third-order valence-electron chi connectivity index (χ3n) is 4.35. The Labute approximate surface area is 104 Å². The normalized spacial score (nSPS) is 38.0. The van der Waals surface area contributed by atoms with Crippen LogP contribution in [0.25, 0.3) is 0 Å². The molecule has 0 bridgehead atoms. The van der Waals surface area contributed by atoms with Gasteiger partial charge in [-0.2, -0.15) is 0 Å². The molecule has 0 N–H and O–H groups in total. The van der Waals surface area contributed by atoms with Gasteiger partial charge >= 0.3 is 0 Å². The van der Waals surface area contributed by atoms with Crippen molar-refractivity contribution in [1.29, 1.82) is 0 Å². The molecular weight excluding hydrogens is 210 g/mol. The second-order valence-corrected chi connectivity index (χ2v) is 5.63. The lowest BCUT2D eigenvalue weighted by Crippen LogP contribution is -2.46. The molecule has 92 valence electrons. The molecule has 0 saturated carbocycles. The first-order chi connectivity index (χ1) is 8.21. The van der Waals surface area contributed by atoms with E-state index >= 15 is 0 Å². The van der Waals surface area contributed by atoms with Crippen molar-refractivity contribution in [2.75, 3.05) is 20.1 Å². The van der Waals surface area contributed by atoms with E-state index in [2.05, 4.69) is 49.2 Å². The minimum absolute atomic E-state index is 0.00676. The third kappa shape index (κ3) is 1.80. The molecular formula is C15H21NO. The summed E-state index contributed by atoms with van der Waals surface area (Å²) >= 11 is 0. The highest BCUT2D eigenvalue weighted by Gasteiger charge is 2.50. The Morgan fingerprint density at radius 1 is 1.29 bits per heavy atom. The highest BCUT2D eigenvalue weighted by molar-refractivity contribution is 5.26. The molecule has 2 aliphatic rings. The number of piperidine rings is 1. The lowest BCUT2D eigenvalue weighted by molar-refractivity contribution is -0.0880. The van der Waals surface area contributed by atoms with E-state index in [0.29, 0.717) is 12.0 Å². The summed E-state index contributed by atoms with van der Waals surface area (Å²) in [5.74, 6) is 0.652. The van der Waals surface area contributed by atoms with Crippen LogP contribution in [0.2, 0.25) is 0 Å². The molecule has 3 rings (SSSR count). The molecule has 2 fully saturated rings. The van der Waals surface area contributed by atoms with Gasteiger partial charge in [-0.1, -0.05) is 30.3 Å². The van der Waals surface area contributed by atoms with Crippen LogP contribution >= 0.6 is 0 Å². The van der Waals surface area contributed by atoms with Crippen molar-refractivity contribution in [3.8, 4) is 0 Å². The summed E-state index contributed by atoms with van der Waals surface area (Å²) < 4.78 is 6.36. The summed E-state index contributed by atoms with van der Waals surface area (Å²) in [7, 11) is 2.22. The summed E-state index contributed by atoms with van der Waals surface area (Å²) in [6.07, 6.45) is 2.72. The first-order valence-corrected chi connectivity index (χ1v) is 6.62. The SMILES string of the molecule is C[C@@H]1C[C@H]2CN(C)CC[C@@]2(c2ccccc2)O1. The van der Waals surface area contributed by atoms with Gasteiger partial charge < -0.3 is 9.64 Å². The number of fused-ring (bicyclic) bond motifs is 1. The molecule has 0 aliphatic carbocycles. The van der Waals surface area contributed by atoms with Gasteiger partial charge in [-0.05, 0) is 32.4 Å². The summed E-state index contributed by atoms with van der Waals surface area (Å²) in [4.78, 5) is 2.44. The first kappa shape index (κ1) is 11.2. The quantitative estimate of drug-likeness (QED) is 0.736. The molecule has 1 aromatic rings. The highest BCUT2D eigenvalue weighted by Crippen LogP contribution is 2.48. The smallest absolute Gasteiger partial charge is 0.0988 e. The van der Waals surface area contributed by atoms with E-state index in [1.165, 1.54) is 18.5 Å². The molecule has 3 atom stereocenters. The minimum Gasteiger partial charge on any atom is -0.367 e. The molecule has 17 heavy (non-hydrogen) atoms. The zero-order chi connectivity index (χ0) is 11.9. The molecule has 0 spiro atoms. The summed E-state index contributed by atoms with van der Waals surface area (Å²) in [5, 5.41) is 0. The molecule has 2 heterocycles. The first-order valence-electron chi connectivity index (χ1n) is 6.62. The van der Waals surface area contributed by atoms with Crippen LogP contribution in [0.1, 0.15) is 25.3 Å². The van der Waals surface area contributed by atoms with E-state index in [-0.39, 0.29) is 5.60 Å². The number of likely N-dealkylation sites (tertiary alicyclic amines) is 1. The molecule has 2 nitrogen and oxygen atoms in total. The summed E-state index contributed by atoms with van der Waals surface area (Å²) in [6, 6.07) is 10.8. The maximum absolute atomic E-state index is 6.36. The van der Waals surface area contributed by atoms with Gasteiger partial charge in [-0.25, -0.2) is 0 Å². The summed E-state index contributed by atoms with van der Waals surface area (Å²) in [5.41, 5.74) is 1.37. The maximum atomic E-state index is 6.36. The number of hydrogen-bond donors (Lipinski definition) is 0. The Morgan fingerprint density at radius 3 is 2.82 bits per heavy atom. The average Bonchev–Trinajstić information content (AvgIpc) is 2.67. The molecule has 2 heteroatoms. The molecule has 0 unspecified atom stereocenters. The van der Waals surface area contributed by atoms with Gasteiger partial charge in [0, 0.05) is 19.0 Å². The van der Waals surface area contributed by atoms with Crippen LogP contribution < -0.4 is 0 Å². The molecule has 2 aliphatic heterocycles. The van der Waals surface area contributed by atoms with Crippen LogP contribution in [0.4, 0.5) is 0 Å². The second-order valence-electron chi connectivity index (χ2n) is 5.63. The Bertz CT molecular complexity index is 391. The zero-order valence-electron chi connectivity index (χ0n) is 10.7. The Morgan fingerprint density at radius 2 is 2.06 bits per heavy atom. The van der Waals surface area contributed by atoms with Crippen molar-refractivity contribution in [2.24, 2.45) is 5.92 Å². The van der Waals surface area contributed by atoms with Crippen LogP contribution in [-0.4, -0.2) is 31.1 Å².